The summed E-state index contributed by atoms with van der Waals surface area (Å²) in [5, 5.41) is 7.55. The number of primary sulfonamides is 1. The van der Waals surface area contributed by atoms with Crippen LogP contribution in [0.15, 0.2) is 53.4 Å². The molecule has 0 aliphatic heterocycles. The quantitative estimate of drug-likeness (QED) is 0.545. The fraction of sp³-hybridized carbons (Fsp3) is 0.300. The number of hydrogen-bond acceptors (Lipinski definition) is 7. The molecule has 0 aliphatic carbocycles. The zero-order valence-electron chi connectivity index (χ0n) is 16.7. The number of hydrogen-bond donors (Lipinski definition) is 2. The van der Waals surface area contributed by atoms with Crippen molar-refractivity contribution < 1.29 is 32.2 Å². The van der Waals surface area contributed by atoms with E-state index in [0.29, 0.717) is 18.0 Å². The molecule has 2 aromatic rings. The Kier molecular flexibility index (Phi) is 8.19. The predicted octanol–water partition coefficient (Wildman–Crippen LogP) is 2.07. The molecule has 0 saturated heterocycles. The molecule has 162 valence electrons. The van der Waals surface area contributed by atoms with Gasteiger partial charge in [0, 0.05) is 5.69 Å². The van der Waals surface area contributed by atoms with Gasteiger partial charge in [0.25, 0.3) is 5.91 Å². The molecule has 0 heterocycles. The van der Waals surface area contributed by atoms with Gasteiger partial charge in [-0.2, -0.15) is 0 Å². The molecule has 0 radical (unpaired) electrons. The maximum Gasteiger partial charge on any atom is 0.310 e. The van der Waals surface area contributed by atoms with Crippen molar-refractivity contribution in [2.45, 2.75) is 31.3 Å². The van der Waals surface area contributed by atoms with Crippen molar-refractivity contribution in [2.24, 2.45) is 5.14 Å². The van der Waals surface area contributed by atoms with Crippen molar-refractivity contribution in [1.29, 1.82) is 0 Å². The molecular formula is C20H24N2O7S. The Labute approximate surface area is 175 Å². The Hall–Kier alpha value is -3.11. The van der Waals surface area contributed by atoms with Crippen molar-refractivity contribution in [3.8, 4) is 11.5 Å². The van der Waals surface area contributed by atoms with Gasteiger partial charge in [-0.3, -0.25) is 9.59 Å². The van der Waals surface area contributed by atoms with Crippen molar-refractivity contribution in [1.82, 2.24) is 0 Å². The van der Waals surface area contributed by atoms with Gasteiger partial charge in [0.05, 0.1) is 24.5 Å². The van der Waals surface area contributed by atoms with Gasteiger partial charge in [0.15, 0.2) is 6.10 Å². The molecule has 9 nitrogen and oxygen atoms in total. The average Bonchev–Trinajstić information content (AvgIpc) is 2.69. The minimum atomic E-state index is -3.81. The largest absolute Gasteiger partial charge is 0.494 e. The van der Waals surface area contributed by atoms with E-state index < -0.39 is 28.0 Å². The van der Waals surface area contributed by atoms with Crippen molar-refractivity contribution in [3.05, 3.63) is 48.5 Å². The number of rotatable bonds is 10. The maximum absolute atomic E-state index is 12.1. The summed E-state index contributed by atoms with van der Waals surface area (Å²) in [5.41, 5.74) is 0.342. The standard InChI is InChI=1S/C20H24N2O7S/c1-3-27-16-6-8-17(9-7-16)28-13-12-19(23)29-14(2)20(24)22-15-4-10-18(11-5-15)30(21,25)26/h4-11,14H,3,12-13H2,1-2H3,(H,22,24)(H2,21,25,26)/t14-/m0/s1. The molecule has 30 heavy (non-hydrogen) atoms. The number of ether oxygens (including phenoxy) is 3. The first-order chi connectivity index (χ1) is 14.2. The third-order valence-corrected chi connectivity index (χ3v) is 4.77. The first kappa shape index (κ1) is 23.2. The second kappa shape index (κ2) is 10.6. The predicted molar refractivity (Wildman–Crippen MR) is 110 cm³/mol. The van der Waals surface area contributed by atoms with Crippen LogP contribution in [0.5, 0.6) is 11.5 Å². The van der Waals surface area contributed by atoms with E-state index >= 15 is 0 Å². The Morgan fingerprint density at radius 2 is 1.57 bits per heavy atom. The van der Waals surface area contributed by atoms with Crippen LogP contribution in [-0.4, -0.2) is 39.6 Å². The lowest BCUT2D eigenvalue weighted by Gasteiger charge is -2.14. The second-order valence-corrected chi connectivity index (χ2v) is 7.76. The number of esters is 1. The second-order valence-electron chi connectivity index (χ2n) is 6.19. The van der Waals surface area contributed by atoms with E-state index in [1.165, 1.54) is 31.2 Å². The summed E-state index contributed by atoms with van der Waals surface area (Å²) in [6.45, 7) is 3.98. The third-order valence-electron chi connectivity index (χ3n) is 3.84. The average molecular weight is 436 g/mol. The lowest BCUT2D eigenvalue weighted by Crippen LogP contribution is -2.30. The van der Waals surface area contributed by atoms with Crippen LogP contribution in [0, 0.1) is 0 Å². The Morgan fingerprint density at radius 3 is 2.10 bits per heavy atom. The number of amides is 1. The lowest BCUT2D eigenvalue weighted by molar-refractivity contribution is -0.153. The fourth-order valence-corrected chi connectivity index (χ4v) is 2.85. The van der Waals surface area contributed by atoms with Gasteiger partial charge in [-0.1, -0.05) is 0 Å². The highest BCUT2D eigenvalue weighted by Gasteiger charge is 2.18. The molecule has 2 aromatic carbocycles. The summed E-state index contributed by atoms with van der Waals surface area (Å²) in [6.07, 6.45) is -1.07. The highest BCUT2D eigenvalue weighted by atomic mass is 32.2. The van der Waals surface area contributed by atoms with Crippen LogP contribution in [-0.2, 0) is 24.3 Å². The fourth-order valence-electron chi connectivity index (χ4n) is 2.33. The van der Waals surface area contributed by atoms with E-state index in [1.807, 2.05) is 6.92 Å². The lowest BCUT2D eigenvalue weighted by atomic mass is 10.3. The first-order valence-corrected chi connectivity index (χ1v) is 10.7. The first-order valence-electron chi connectivity index (χ1n) is 9.18. The monoisotopic (exact) mass is 436 g/mol. The number of nitrogens with one attached hydrogen (secondary N) is 1. The third kappa shape index (κ3) is 7.37. The summed E-state index contributed by atoms with van der Waals surface area (Å²) >= 11 is 0. The molecule has 2 rings (SSSR count). The molecule has 0 aromatic heterocycles. The summed E-state index contributed by atoms with van der Waals surface area (Å²) in [5.74, 6) is 0.163. The molecular weight excluding hydrogens is 412 g/mol. The van der Waals surface area contributed by atoms with E-state index in [0.717, 1.165) is 5.75 Å². The summed E-state index contributed by atoms with van der Waals surface area (Å²) < 4.78 is 38.4. The van der Waals surface area contributed by atoms with E-state index in [1.54, 1.807) is 24.3 Å². The Balaban J connectivity index is 1.75. The van der Waals surface area contributed by atoms with Gasteiger partial charge >= 0.3 is 5.97 Å². The van der Waals surface area contributed by atoms with E-state index in [2.05, 4.69) is 5.32 Å². The van der Waals surface area contributed by atoms with Gasteiger partial charge < -0.3 is 19.5 Å². The van der Waals surface area contributed by atoms with Crippen molar-refractivity contribution in [3.63, 3.8) is 0 Å². The van der Waals surface area contributed by atoms with Crippen LogP contribution < -0.4 is 19.9 Å². The molecule has 1 atom stereocenters. The van der Waals surface area contributed by atoms with E-state index in [9.17, 15) is 18.0 Å². The summed E-state index contributed by atoms with van der Waals surface area (Å²) in [6, 6.07) is 12.3. The van der Waals surface area contributed by atoms with Gasteiger partial charge in [0.1, 0.15) is 11.5 Å². The van der Waals surface area contributed by atoms with Gasteiger partial charge in [-0.15, -0.1) is 0 Å². The van der Waals surface area contributed by atoms with Crippen LogP contribution in [0.25, 0.3) is 0 Å². The topological polar surface area (TPSA) is 134 Å². The summed E-state index contributed by atoms with van der Waals surface area (Å²) in [4.78, 5) is 24.0. The van der Waals surface area contributed by atoms with Gasteiger partial charge in [-0.05, 0) is 62.4 Å². The van der Waals surface area contributed by atoms with Crippen molar-refractivity contribution in [2.75, 3.05) is 18.5 Å². The maximum atomic E-state index is 12.1. The Morgan fingerprint density at radius 1 is 1.00 bits per heavy atom. The number of carbonyl (C=O) groups excluding carboxylic acids is 2. The number of anilines is 1. The number of nitrogens with two attached hydrogens (primary N) is 1. The minimum absolute atomic E-state index is 0.0338. The molecule has 0 aliphatic rings. The van der Waals surface area contributed by atoms with Gasteiger partial charge in [0.2, 0.25) is 10.0 Å². The zero-order valence-corrected chi connectivity index (χ0v) is 17.5. The number of benzene rings is 2. The molecule has 0 spiro atoms. The molecule has 0 bridgehead atoms. The summed E-state index contributed by atoms with van der Waals surface area (Å²) in [7, 11) is -3.81. The molecule has 1 amide bonds. The van der Waals surface area contributed by atoms with Crippen LogP contribution in [0.1, 0.15) is 20.3 Å². The molecule has 0 fully saturated rings. The number of carbonyl (C=O) groups is 2. The molecule has 10 heteroatoms. The Bertz CT molecular complexity index is 958. The molecule has 0 unspecified atom stereocenters. The molecule has 3 N–H and O–H groups in total. The smallest absolute Gasteiger partial charge is 0.310 e. The van der Waals surface area contributed by atoms with Gasteiger partial charge in [-0.25, -0.2) is 13.6 Å². The normalized spacial score (nSPS) is 12.0. The van der Waals surface area contributed by atoms with Crippen LogP contribution >= 0.6 is 0 Å². The minimum Gasteiger partial charge on any atom is -0.494 e. The van der Waals surface area contributed by atoms with E-state index in [-0.39, 0.29) is 17.9 Å². The SMILES string of the molecule is CCOc1ccc(OCCC(=O)O[C@@H](C)C(=O)Nc2ccc(S(N)(=O)=O)cc2)cc1. The van der Waals surface area contributed by atoms with Crippen molar-refractivity contribution >= 4 is 27.6 Å². The van der Waals surface area contributed by atoms with Crippen LogP contribution in [0.4, 0.5) is 5.69 Å². The van der Waals surface area contributed by atoms with Crippen LogP contribution in [0.2, 0.25) is 0 Å². The van der Waals surface area contributed by atoms with E-state index in [4.69, 9.17) is 19.3 Å². The molecule has 0 saturated carbocycles. The highest BCUT2D eigenvalue weighted by Crippen LogP contribution is 2.18. The highest BCUT2D eigenvalue weighted by molar-refractivity contribution is 7.89. The van der Waals surface area contributed by atoms with Crippen LogP contribution in [0.3, 0.4) is 0 Å². The number of sulfonamides is 1. The zero-order chi connectivity index (χ0) is 22.1.